The summed E-state index contributed by atoms with van der Waals surface area (Å²) in [5.41, 5.74) is 5.50. The van der Waals surface area contributed by atoms with Crippen molar-refractivity contribution >= 4 is 5.91 Å². The van der Waals surface area contributed by atoms with Crippen molar-refractivity contribution in [3.63, 3.8) is 0 Å². The van der Waals surface area contributed by atoms with E-state index in [1.807, 2.05) is 4.90 Å². The first-order valence-corrected chi connectivity index (χ1v) is 5.71. The van der Waals surface area contributed by atoms with Crippen LogP contribution in [0.3, 0.4) is 0 Å². The summed E-state index contributed by atoms with van der Waals surface area (Å²) in [6, 6.07) is 0.376. The molecule has 15 heavy (non-hydrogen) atoms. The Hall–Kier alpha value is -0.610. The van der Waals surface area contributed by atoms with Crippen LogP contribution >= 0.6 is 0 Å². The van der Waals surface area contributed by atoms with Crippen molar-refractivity contribution in [1.29, 1.82) is 0 Å². The Labute approximate surface area is 91.8 Å². The molecular formula is C11H22N2O2. The summed E-state index contributed by atoms with van der Waals surface area (Å²) < 4.78 is 5.12. The van der Waals surface area contributed by atoms with Gasteiger partial charge in [-0.1, -0.05) is 0 Å². The topological polar surface area (TPSA) is 55.6 Å². The fourth-order valence-corrected chi connectivity index (χ4v) is 2.04. The van der Waals surface area contributed by atoms with Gasteiger partial charge in [-0.3, -0.25) is 4.79 Å². The lowest BCUT2D eigenvalue weighted by atomic mass is 10.0. The quantitative estimate of drug-likeness (QED) is 0.751. The van der Waals surface area contributed by atoms with Crippen molar-refractivity contribution in [3.8, 4) is 0 Å². The number of nitrogens with two attached hydrogens (primary N) is 1. The Kier molecular flexibility index (Phi) is 5.05. The van der Waals surface area contributed by atoms with Crippen LogP contribution in [-0.2, 0) is 9.53 Å². The molecule has 0 aromatic heterocycles. The number of amides is 1. The van der Waals surface area contributed by atoms with Crippen LogP contribution in [0.15, 0.2) is 0 Å². The largest absolute Gasteiger partial charge is 0.380 e. The van der Waals surface area contributed by atoms with Gasteiger partial charge in [0.1, 0.15) is 0 Å². The SMILES string of the molecule is COC(CN)CC(=O)N1CCCCC1C. The molecular weight excluding hydrogens is 192 g/mol. The number of ether oxygens (including phenoxy) is 1. The monoisotopic (exact) mass is 214 g/mol. The third-order valence-electron chi connectivity index (χ3n) is 3.12. The van der Waals surface area contributed by atoms with E-state index < -0.39 is 0 Å². The lowest BCUT2D eigenvalue weighted by molar-refractivity contribution is -0.136. The van der Waals surface area contributed by atoms with Gasteiger partial charge in [-0.05, 0) is 26.2 Å². The molecule has 88 valence electrons. The number of hydrogen-bond donors (Lipinski definition) is 1. The predicted molar refractivity (Wildman–Crippen MR) is 59.5 cm³/mol. The van der Waals surface area contributed by atoms with Crippen LogP contribution in [0.5, 0.6) is 0 Å². The van der Waals surface area contributed by atoms with Gasteiger partial charge in [-0.2, -0.15) is 0 Å². The fourth-order valence-electron chi connectivity index (χ4n) is 2.04. The fraction of sp³-hybridized carbons (Fsp3) is 0.909. The van der Waals surface area contributed by atoms with Gasteiger partial charge in [-0.25, -0.2) is 0 Å². The average Bonchev–Trinajstić information content (AvgIpc) is 2.26. The smallest absolute Gasteiger partial charge is 0.225 e. The van der Waals surface area contributed by atoms with Gasteiger partial charge in [-0.15, -0.1) is 0 Å². The normalized spacial score (nSPS) is 23.9. The molecule has 1 rings (SSSR count). The van der Waals surface area contributed by atoms with Crippen molar-refractivity contribution in [2.75, 3.05) is 20.2 Å². The van der Waals surface area contributed by atoms with Gasteiger partial charge >= 0.3 is 0 Å². The van der Waals surface area contributed by atoms with Crippen LogP contribution in [0.4, 0.5) is 0 Å². The molecule has 4 heteroatoms. The summed E-state index contributed by atoms with van der Waals surface area (Å²) in [4.78, 5) is 13.9. The summed E-state index contributed by atoms with van der Waals surface area (Å²) in [7, 11) is 1.60. The van der Waals surface area contributed by atoms with Gasteiger partial charge in [0.25, 0.3) is 0 Å². The number of carbonyl (C=O) groups is 1. The lowest BCUT2D eigenvalue weighted by Crippen LogP contribution is -2.44. The highest BCUT2D eigenvalue weighted by atomic mass is 16.5. The van der Waals surface area contributed by atoms with Crippen molar-refractivity contribution < 1.29 is 9.53 Å². The predicted octanol–water partition coefficient (Wildman–Crippen LogP) is 0.751. The number of rotatable bonds is 4. The molecule has 1 fully saturated rings. The lowest BCUT2D eigenvalue weighted by Gasteiger charge is -2.34. The summed E-state index contributed by atoms with van der Waals surface area (Å²) in [5, 5.41) is 0. The molecule has 1 aliphatic rings. The Morgan fingerprint density at radius 2 is 2.33 bits per heavy atom. The molecule has 0 radical (unpaired) electrons. The first-order chi connectivity index (χ1) is 7.19. The molecule has 4 nitrogen and oxygen atoms in total. The van der Waals surface area contributed by atoms with E-state index in [0.29, 0.717) is 19.0 Å². The minimum Gasteiger partial charge on any atom is -0.380 e. The van der Waals surface area contributed by atoms with Crippen molar-refractivity contribution in [2.45, 2.75) is 44.8 Å². The first kappa shape index (κ1) is 12.5. The number of likely N-dealkylation sites (tertiary alicyclic amines) is 1. The molecule has 0 aromatic rings. The molecule has 0 spiro atoms. The molecule has 2 N–H and O–H groups in total. The number of carbonyl (C=O) groups excluding carboxylic acids is 1. The summed E-state index contributed by atoms with van der Waals surface area (Å²) in [6.07, 6.45) is 3.75. The van der Waals surface area contributed by atoms with Crippen LogP contribution in [0.1, 0.15) is 32.6 Å². The molecule has 1 heterocycles. The highest BCUT2D eigenvalue weighted by Crippen LogP contribution is 2.17. The Morgan fingerprint density at radius 3 is 2.87 bits per heavy atom. The van der Waals surface area contributed by atoms with E-state index in [2.05, 4.69) is 6.92 Å². The zero-order valence-corrected chi connectivity index (χ0v) is 9.74. The second-order valence-electron chi connectivity index (χ2n) is 4.23. The highest BCUT2D eigenvalue weighted by Gasteiger charge is 2.24. The molecule has 1 saturated heterocycles. The molecule has 1 amide bonds. The second kappa shape index (κ2) is 6.08. The zero-order chi connectivity index (χ0) is 11.3. The molecule has 1 aliphatic heterocycles. The number of nitrogens with zero attached hydrogens (tertiary/aromatic N) is 1. The summed E-state index contributed by atoms with van der Waals surface area (Å²) in [6.45, 7) is 3.41. The third kappa shape index (κ3) is 3.47. The third-order valence-corrected chi connectivity index (χ3v) is 3.12. The van der Waals surface area contributed by atoms with Gasteiger partial charge in [0, 0.05) is 26.2 Å². The minimum absolute atomic E-state index is 0.133. The van der Waals surface area contributed by atoms with E-state index in [1.54, 1.807) is 7.11 Å². The van der Waals surface area contributed by atoms with Crippen LogP contribution in [-0.4, -0.2) is 43.2 Å². The minimum atomic E-state index is -0.133. The highest BCUT2D eigenvalue weighted by molar-refractivity contribution is 5.77. The van der Waals surface area contributed by atoms with Gasteiger partial charge in [0.2, 0.25) is 5.91 Å². The van der Waals surface area contributed by atoms with E-state index in [0.717, 1.165) is 19.4 Å². The van der Waals surface area contributed by atoms with Crippen LogP contribution in [0.2, 0.25) is 0 Å². The number of hydrogen-bond acceptors (Lipinski definition) is 3. The van der Waals surface area contributed by atoms with Crippen molar-refractivity contribution in [1.82, 2.24) is 4.90 Å². The Balaban J connectivity index is 2.44. The molecule has 2 atom stereocenters. The van der Waals surface area contributed by atoms with Gasteiger partial charge < -0.3 is 15.4 Å². The van der Waals surface area contributed by atoms with E-state index in [4.69, 9.17) is 10.5 Å². The van der Waals surface area contributed by atoms with E-state index in [9.17, 15) is 4.79 Å². The standard InChI is InChI=1S/C11H22N2O2/c1-9-5-3-4-6-13(9)11(14)7-10(8-12)15-2/h9-10H,3-8,12H2,1-2H3. The molecule has 2 unspecified atom stereocenters. The molecule has 0 saturated carbocycles. The van der Waals surface area contributed by atoms with Gasteiger partial charge in [0.05, 0.1) is 12.5 Å². The zero-order valence-electron chi connectivity index (χ0n) is 9.74. The Bertz CT molecular complexity index is 205. The van der Waals surface area contributed by atoms with Crippen LogP contribution in [0, 0.1) is 0 Å². The van der Waals surface area contributed by atoms with Crippen LogP contribution in [0.25, 0.3) is 0 Å². The van der Waals surface area contributed by atoms with Crippen LogP contribution < -0.4 is 5.73 Å². The van der Waals surface area contributed by atoms with E-state index >= 15 is 0 Å². The number of methoxy groups -OCH3 is 1. The summed E-state index contributed by atoms with van der Waals surface area (Å²) in [5.74, 6) is 0.180. The average molecular weight is 214 g/mol. The van der Waals surface area contributed by atoms with E-state index in [-0.39, 0.29) is 12.0 Å². The van der Waals surface area contributed by atoms with E-state index in [1.165, 1.54) is 6.42 Å². The van der Waals surface area contributed by atoms with Crippen molar-refractivity contribution in [3.05, 3.63) is 0 Å². The first-order valence-electron chi connectivity index (χ1n) is 5.71. The van der Waals surface area contributed by atoms with Gasteiger partial charge in [0.15, 0.2) is 0 Å². The number of piperidine rings is 1. The summed E-state index contributed by atoms with van der Waals surface area (Å²) >= 11 is 0. The maximum absolute atomic E-state index is 11.9. The molecule has 0 bridgehead atoms. The van der Waals surface area contributed by atoms with Crippen molar-refractivity contribution in [2.24, 2.45) is 5.73 Å². The second-order valence-corrected chi connectivity index (χ2v) is 4.23. The Morgan fingerprint density at radius 1 is 1.60 bits per heavy atom. The maximum atomic E-state index is 11.9. The molecule has 0 aromatic carbocycles. The molecule has 0 aliphatic carbocycles. The maximum Gasteiger partial charge on any atom is 0.225 e.